The summed E-state index contributed by atoms with van der Waals surface area (Å²) in [5.41, 5.74) is 6.75. The molecule has 1 aliphatic rings. The Morgan fingerprint density at radius 3 is 2.70 bits per heavy atom. The van der Waals surface area contributed by atoms with Crippen molar-refractivity contribution >= 4 is 22.9 Å². The van der Waals surface area contributed by atoms with E-state index in [-0.39, 0.29) is 11.5 Å². The van der Waals surface area contributed by atoms with Crippen molar-refractivity contribution < 1.29 is 0 Å². The highest BCUT2D eigenvalue weighted by atomic mass is 32.1. The van der Waals surface area contributed by atoms with Gasteiger partial charge >= 0.3 is 0 Å². The number of anilines is 1. The Labute approximate surface area is 125 Å². The van der Waals surface area contributed by atoms with Crippen molar-refractivity contribution in [3.63, 3.8) is 0 Å². The summed E-state index contributed by atoms with van der Waals surface area (Å²) in [7, 11) is 0. The van der Waals surface area contributed by atoms with Gasteiger partial charge in [0.05, 0.1) is 10.7 Å². The summed E-state index contributed by atoms with van der Waals surface area (Å²) in [5.74, 6) is 0.825. The maximum atomic E-state index is 11.9. The first-order valence-corrected chi connectivity index (χ1v) is 7.63. The van der Waals surface area contributed by atoms with Crippen molar-refractivity contribution in [2.45, 2.75) is 33.2 Å². The lowest BCUT2D eigenvalue weighted by Gasteiger charge is -2.32. The fourth-order valence-electron chi connectivity index (χ4n) is 2.50. The third-order valence-electron chi connectivity index (χ3n) is 4.07. The molecule has 0 radical (unpaired) electrons. The third-order valence-corrected chi connectivity index (χ3v) is 4.48. The van der Waals surface area contributed by atoms with E-state index in [2.05, 4.69) is 11.8 Å². The van der Waals surface area contributed by atoms with Crippen LogP contribution in [0.25, 0.3) is 0 Å². The van der Waals surface area contributed by atoms with Crippen molar-refractivity contribution in [3.05, 3.63) is 28.7 Å². The summed E-state index contributed by atoms with van der Waals surface area (Å²) in [4.78, 5) is 14.7. The molecule has 110 valence electrons. The molecule has 1 aromatic heterocycles. The fourth-order valence-corrected chi connectivity index (χ4v) is 2.57. The summed E-state index contributed by atoms with van der Waals surface area (Å²) in [5, 5.41) is 0. The SMILES string of the molecule is CC1CCN(c2ccc(=O)n(CC(C)C(N)=S)c2)CC1. The number of thiocarbonyl (C=S) groups is 1. The number of hydrogen-bond donors (Lipinski definition) is 1. The summed E-state index contributed by atoms with van der Waals surface area (Å²) in [6.07, 6.45) is 4.36. The number of nitrogens with two attached hydrogens (primary N) is 1. The summed E-state index contributed by atoms with van der Waals surface area (Å²) in [6, 6.07) is 3.56. The number of aromatic nitrogens is 1. The van der Waals surface area contributed by atoms with Crippen molar-refractivity contribution in [2.24, 2.45) is 17.6 Å². The van der Waals surface area contributed by atoms with E-state index < -0.39 is 0 Å². The molecular weight excluding hydrogens is 270 g/mol. The molecule has 5 heteroatoms. The van der Waals surface area contributed by atoms with Crippen LogP contribution in [0.5, 0.6) is 0 Å². The lowest BCUT2D eigenvalue weighted by molar-refractivity contribution is 0.437. The predicted octanol–water partition coefficient (Wildman–Crippen LogP) is 2.01. The molecule has 0 bridgehead atoms. The smallest absolute Gasteiger partial charge is 0.250 e. The van der Waals surface area contributed by atoms with Crippen LogP contribution in [0.15, 0.2) is 23.1 Å². The summed E-state index contributed by atoms with van der Waals surface area (Å²) >= 11 is 4.98. The second-order valence-electron chi connectivity index (χ2n) is 5.85. The van der Waals surface area contributed by atoms with Crippen molar-refractivity contribution in [2.75, 3.05) is 18.0 Å². The second kappa shape index (κ2) is 6.39. The van der Waals surface area contributed by atoms with Gasteiger partial charge in [-0.15, -0.1) is 0 Å². The standard InChI is InChI=1S/C15H23N3OS/c1-11-5-7-17(8-6-11)13-3-4-14(19)18(10-13)9-12(2)15(16)20/h3-4,10-12H,5-9H2,1-2H3,(H2,16,20). The lowest BCUT2D eigenvalue weighted by atomic mass is 9.99. The van der Waals surface area contributed by atoms with E-state index in [0.717, 1.165) is 24.7 Å². The molecule has 0 saturated carbocycles. The highest BCUT2D eigenvalue weighted by Gasteiger charge is 2.17. The van der Waals surface area contributed by atoms with Crippen molar-refractivity contribution in [1.82, 2.24) is 4.57 Å². The molecule has 2 heterocycles. The maximum absolute atomic E-state index is 11.9. The molecule has 1 aliphatic heterocycles. The molecule has 1 atom stereocenters. The highest BCUT2D eigenvalue weighted by molar-refractivity contribution is 7.80. The molecule has 2 rings (SSSR count). The van der Waals surface area contributed by atoms with Crippen LogP contribution >= 0.6 is 12.2 Å². The molecule has 1 aromatic rings. The molecule has 1 fully saturated rings. The monoisotopic (exact) mass is 293 g/mol. The van der Waals surface area contributed by atoms with Gasteiger partial charge in [0.1, 0.15) is 0 Å². The van der Waals surface area contributed by atoms with Crippen LogP contribution in [0, 0.1) is 11.8 Å². The minimum Gasteiger partial charge on any atom is -0.393 e. The van der Waals surface area contributed by atoms with E-state index in [1.54, 1.807) is 10.6 Å². The highest BCUT2D eigenvalue weighted by Crippen LogP contribution is 2.22. The van der Waals surface area contributed by atoms with E-state index in [9.17, 15) is 4.79 Å². The van der Waals surface area contributed by atoms with Gasteiger partial charge in [0.2, 0.25) is 0 Å². The topological polar surface area (TPSA) is 51.3 Å². The lowest BCUT2D eigenvalue weighted by Crippen LogP contribution is -2.34. The predicted molar refractivity (Wildman–Crippen MR) is 87.3 cm³/mol. The second-order valence-corrected chi connectivity index (χ2v) is 6.32. The van der Waals surface area contributed by atoms with Gasteiger partial charge in [0, 0.05) is 37.8 Å². The first-order chi connectivity index (χ1) is 9.47. The quantitative estimate of drug-likeness (QED) is 0.863. The van der Waals surface area contributed by atoms with Crippen LogP contribution in [0.4, 0.5) is 5.69 Å². The largest absolute Gasteiger partial charge is 0.393 e. The van der Waals surface area contributed by atoms with E-state index in [1.165, 1.54) is 12.8 Å². The molecule has 20 heavy (non-hydrogen) atoms. The van der Waals surface area contributed by atoms with Crippen LogP contribution in [0.2, 0.25) is 0 Å². The molecular formula is C15H23N3OS. The Kier molecular flexibility index (Phi) is 4.81. The molecule has 0 spiro atoms. The van der Waals surface area contributed by atoms with Crippen LogP contribution in [0.3, 0.4) is 0 Å². The van der Waals surface area contributed by atoms with Gasteiger partial charge in [0.15, 0.2) is 0 Å². The Bertz CT molecular complexity index is 532. The minimum absolute atomic E-state index is 0.00206. The van der Waals surface area contributed by atoms with Crippen LogP contribution in [0.1, 0.15) is 26.7 Å². The van der Waals surface area contributed by atoms with Gasteiger partial charge in [0.25, 0.3) is 5.56 Å². The maximum Gasteiger partial charge on any atom is 0.250 e. The van der Waals surface area contributed by atoms with E-state index >= 15 is 0 Å². The number of pyridine rings is 1. The molecule has 2 N–H and O–H groups in total. The zero-order chi connectivity index (χ0) is 14.7. The molecule has 0 aliphatic carbocycles. The first kappa shape index (κ1) is 15.0. The zero-order valence-electron chi connectivity index (χ0n) is 12.2. The van der Waals surface area contributed by atoms with E-state index in [4.69, 9.17) is 18.0 Å². The molecule has 4 nitrogen and oxygen atoms in total. The normalized spacial score (nSPS) is 18.0. The Hall–Kier alpha value is -1.36. The zero-order valence-corrected chi connectivity index (χ0v) is 13.0. The average Bonchev–Trinajstić information content (AvgIpc) is 2.42. The van der Waals surface area contributed by atoms with Crippen molar-refractivity contribution in [3.8, 4) is 0 Å². The van der Waals surface area contributed by atoms with E-state index in [1.807, 2.05) is 19.2 Å². The molecule has 1 saturated heterocycles. The number of rotatable bonds is 4. The Balaban J connectivity index is 2.16. The van der Waals surface area contributed by atoms with Crippen LogP contribution < -0.4 is 16.2 Å². The van der Waals surface area contributed by atoms with Crippen molar-refractivity contribution in [1.29, 1.82) is 0 Å². The average molecular weight is 293 g/mol. The van der Waals surface area contributed by atoms with Gasteiger partial charge in [-0.05, 0) is 24.8 Å². The van der Waals surface area contributed by atoms with Gasteiger partial charge in [-0.3, -0.25) is 4.79 Å². The molecule has 0 amide bonds. The van der Waals surface area contributed by atoms with Gasteiger partial charge in [-0.25, -0.2) is 0 Å². The minimum atomic E-state index is 0.00206. The van der Waals surface area contributed by atoms with Gasteiger partial charge < -0.3 is 15.2 Å². The number of nitrogens with zero attached hydrogens (tertiary/aromatic N) is 2. The third kappa shape index (κ3) is 3.60. The van der Waals surface area contributed by atoms with E-state index in [0.29, 0.717) is 11.5 Å². The molecule has 1 unspecified atom stereocenters. The summed E-state index contributed by atoms with van der Waals surface area (Å²) < 4.78 is 1.72. The Morgan fingerprint density at radius 2 is 2.10 bits per heavy atom. The van der Waals surface area contributed by atoms with Gasteiger partial charge in [-0.2, -0.15) is 0 Å². The van der Waals surface area contributed by atoms with Gasteiger partial charge in [-0.1, -0.05) is 26.1 Å². The number of hydrogen-bond acceptors (Lipinski definition) is 3. The first-order valence-electron chi connectivity index (χ1n) is 7.22. The van der Waals surface area contributed by atoms with Crippen LogP contribution in [-0.2, 0) is 6.54 Å². The summed E-state index contributed by atoms with van der Waals surface area (Å²) in [6.45, 7) is 6.91. The van der Waals surface area contributed by atoms with Crippen LogP contribution in [-0.4, -0.2) is 22.6 Å². The number of piperidine rings is 1. The fraction of sp³-hybridized carbons (Fsp3) is 0.600. The Morgan fingerprint density at radius 1 is 1.45 bits per heavy atom. The molecule has 0 aromatic carbocycles.